The summed E-state index contributed by atoms with van der Waals surface area (Å²) >= 11 is 0. The number of amides is 1. The zero-order chi connectivity index (χ0) is 13.7. The molecule has 0 aromatic rings. The predicted molar refractivity (Wildman–Crippen MR) is 65.9 cm³/mol. The number of amidine groups is 1. The molecule has 1 atom stereocenters. The van der Waals surface area contributed by atoms with Crippen LogP contribution in [0.4, 0.5) is 0 Å². The minimum atomic E-state index is -1.01. The number of ether oxygens (including phenoxy) is 1. The van der Waals surface area contributed by atoms with E-state index < -0.39 is 11.0 Å². The first-order valence-electron chi connectivity index (χ1n) is 5.53. The number of nitrogens with zero attached hydrogens (tertiary/aromatic N) is 1. The van der Waals surface area contributed by atoms with E-state index in [1.165, 1.54) is 0 Å². The topological polar surface area (TPSA) is 96.9 Å². The lowest BCUT2D eigenvalue weighted by Gasteiger charge is -2.32. The van der Waals surface area contributed by atoms with E-state index in [4.69, 9.17) is 15.7 Å². The van der Waals surface area contributed by atoms with E-state index >= 15 is 0 Å². The third-order valence-electron chi connectivity index (χ3n) is 2.84. The second kappa shape index (κ2) is 5.86. The van der Waals surface area contributed by atoms with E-state index in [0.717, 1.165) is 0 Å². The van der Waals surface area contributed by atoms with Crippen molar-refractivity contribution in [2.75, 3.05) is 13.7 Å². The van der Waals surface area contributed by atoms with E-state index in [2.05, 4.69) is 10.5 Å². The van der Waals surface area contributed by atoms with Crippen LogP contribution >= 0.6 is 0 Å². The molecule has 6 heteroatoms. The highest BCUT2D eigenvalue weighted by Gasteiger charge is 2.38. The van der Waals surface area contributed by atoms with Gasteiger partial charge in [-0.05, 0) is 27.2 Å². The number of rotatable bonds is 6. The van der Waals surface area contributed by atoms with Crippen molar-refractivity contribution >= 4 is 11.7 Å². The molecule has 0 aliphatic heterocycles. The van der Waals surface area contributed by atoms with Crippen LogP contribution in [0.5, 0.6) is 0 Å². The van der Waals surface area contributed by atoms with Gasteiger partial charge in [0.25, 0.3) is 0 Å². The van der Waals surface area contributed by atoms with Crippen molar-refractivity contribution in [3.8, 4) is 0 Å². The van der Waals surface area contributed by atoms with Gasteiger partial charge in [0.15, 0.2) is 5.84 Å². The third-order valence-corrected chi connectivity index (χ3v) is 2.84. The molecule has 0 radical (unpaired) electrons. The normalized spacial score (nSPS) is 16.4. The van der Waals surface area contributed by atoms with Crippen molar-refractivity contribution < 1.29 is 14.7 Å². The standard InChI is InChI=1S/C11H23N3O3/c1-6-11(4,8(12)14-16)9(15)13-10(2,3)7-17-5/h16H,6-7H2,1-5H3,(H2,12,14)(H,13,15). The van der Waals surface area contributed by atoms with Crippen LogP contribution in [0.3, 0.4) is 0 Å². The fraction of sp³-hybridized carbons (Fsp3) is 0.818. The molecular weight excluding hydrogens is 222 g/mol. The van der Waals surface area contributed by atoms with Crippen molar-refractivity contribution in [3.05, 3.63) is 0 Å². The summed E-state index contributed by atoms with van der Waals surface area (Å²) in [6.45, 7) is 7.52. The first-order valence-corrected chi connectivity index (χ1v) is 5.53. The fourth-order valence-electron chi connectivity index (χ4n) is 1.41. The van der Waals surface area contributed by atoms with Gasteiger partial charge in [0.2, 0.25) is 5.91 Å². The Bertz CT molecular complexity index is 302. The van der Waals surface area contributed by atoms with Crippen molar-refractivity contribution in [1.82, 2.24) is 5.32 Å². The van der Waals surface area contributed by atoms with Gasteiger partial charge in [-0.1, -0.05) is 12.1 Å². The predicted octanol–water partition coefficient (Wildman–Crippen LogP) is 0.690. The molecule has 6 nitrogen and oxygen atoms in total. The summed E-state index contributed by atoms with van der Waals surface area (Å²) in [6.07, 6.45) is 0.442. The molecule has 0 fully saturated rings. The molecule has 4 N–H and O–H groups in total. The van der Waals surface area contributed by atoms with Crippen LogP contribution in [0.1, 0.15) is 34.1 Å². The van der Waals surface area contributed by atoms with E-state index in [0.29, 0.717) is 13.0 Å². The Balaban J connectivity index is 4.90. The lowest BCUT2D eigenvalue weighted by molar-refractivity contribution is -0.129. The summed E-state index contributed by atoms with van der Waals surface area (Å²) in [7, 11) is 1.57. The molecule has 0 bridgehead atoms. The van der Waals surface area contributed by atoms with Crippen LogP contribution in [0.2, 0.25) is 0 Å². The van der Waals surface area contributed by atoms with E-state index in [1.54, 1.807) is 21.0 Å². The number of oxime groups is 1. The smallest absolute Gasteiger partial charge is 0.234 e. The molecule has 100 valence electrons. The maximum atomic E-state index is 12.1. The van der Waals surface area contributed by atoms with E-state index in [-0.39, 0.29) is 11.7 Å². The van der Waals surface area contributed by atoms with Gasteiger partial charge in [-0.2, -0.15) is 0 Å². The zero-order valence-electron chi connectivity index (χ0n) is 11.2. The highest BCUT2D eigenvalue weighted by Crippen LogP contribution is 2.22. The molecule has 0 saturated carbocycles. The SMILES string of the molecule is CCC(C)(C(=O)NC(C)(C)COC)C(N)=NO. The molecule has 1 amide bonds. The van der Waals surface area contributed by atoms with Gasteiger partial charge in [-0.25, -0.2) is 0 Å². The Kier molecular flexibility index (Phi) is 5.41. The Morgan fingerprint density at radius 3 is 2.35 bits per heavy atom. The summed E-state index contributed by atoms with van der Waals surface area (Å²) in [6, 6.07) is 0. The van der Waals surface area contributed by atoms with Crippen molar-refractivity contribution in [1.29, 1.82) is 0 Å². The minimum Gasteiger partial charge on any atom is -0.409 e. The quantitative estimate of drug-likeness (QED) is 0.277. The molecule has 0 saturated heterocycles. The summed E-state index contributed by atoms with van der Waals surface area (Å²) in [5.41, 5.74) is 4.05. The lowest BCUT2D eigenvalue weighted by Crippen LogP contribution is -2.55. The van der Waals surface area contributed by atoms with Crippen molar-refractivity contribution in [3.63, 3.8) is 0 Å². The van der Waals surface area contributed by atoms with Crippen LogP contribution in [0.15, 0.2) is 5.16 Å². The van der Waals surface area contributed by atoms with Gasteiger partial charge in [-0.3, -0.25) is 4.79 Å². The zero-order valence-corrected chi connectivity index (χ0v) is 11.2. The third kappa shape index (κ3) is 3.89. The number of carbonyl (C=O) groups is 1. The van der Waals surface area contributed by atoms with Crippen LogP contribution in [-0.4, -0.2) is 36.2 Å². The van der Waals surface area contributed by atoms with Crippen LogP contribution in [0.25, 0.3) is 0 Å². The maximum absolute atomic E-state index is 12.1. The van der Waals surface area contributed by atoms with E-state index in [9.17, 15) is 4.79 Å². The van der Waals surface area contributed by atoms with Crippen LogP contribution in [-0.2, 0) is 9.53 Å². The first kappa shape index (κ1) is 15.7. The van der Waals surface area contributed by atoms with Crippen molar-refractivity contribution in [2.24, 2.45) is 16.3 Å². The summed E-state index contributed by atoms with van der Waals surface area (Å²) in [4.78, 5) is 12.1. The number of nitrogens with one attached hydrogen (secondary N) is 1. The van der Waals surface area contributed by atoms with Crippen LogP contribution in [0, 0.1) is 5.41 Å². The maximum Gasteiger partial charge on any atom is 0.234 e. The number of carbonyl (C=O) groups excluding carboxylic acids is 1. The minimum absolute atomic E-state index is 0.0919. The Hall–Kier alpha value is -1.30. The molecule has 0 aliphatic rings. The van der Waals surface area contributed by atoms with Gasteiger partial charge in [0.1, 0.15) is 5.41 Å². The highest BCUT2D eigenvalue weighted by molar-refractivity contribution is 6.06. The van der Waals surface area contributed by atoms with Gasteiger partial charge >= 0.3 is 0 Å². The first-order chi connectivity index (χ1) is 7.73. The molecule has 0 aromatic heterocycles. The monoisotopic (exact) mass is 245 g/mol. The van der Waals surface area contributed by atoms with Gasteiger partial charge < -0.3 is 21.0 Å². The van der Waals surface area contributed by atoms with E-state index in [1.807, 2.05) is 13.8 Å². The molecule has 0 spiro atoms. The molecule has 17 heavy (non-hydrogen) atoms. The lowest BCUT2D eigenvalue weighted by atomic mass is 9.84. The largest absolute Gasteiger partial charge is 0.409 e. The molecule has 0 aliphatic carbocycles. The summed E-state index contributed by atoms with van der Waals surface area (Å²) < 4.78 is 5.02. The molecule has 0 rings (SSSR count). The van der Waals surface area contributed by atoms with Gasteiger partial charge in [-0.15, -0.1) is 0 Å². The average Bonchev–Trinajstić information content (AvgIpc) is 2.25. The van der Waals surface area contributed by atoms with Crippen molar-refractivity contribution in [2.45, 2.75) is 39.7 Å². The molecular formula is C11H23N3O3. The Morgan fingerprint density at radius 1 is 1.47 bits per heavy atom. The Morgan fingerprint density at radius 2 is 2.00 bits per heavy atom. The molecule has 1 unspecified atom stereocenters. The average molecular weight is 245 g/mol. The molecule has 0 heterocycles. The Labute approximate surface area is 102 Å². The van der Waals surface area contributed by atoms with Gasteiger partial charge in [0.05, 0.1) is 12.1 Å². The van der Waals surface area contributed by atoms with Gasteiger partial charge in [0, 0.05) is 7.11 Å². The van der Waals surface area contributed by atoms with Crippen LogP contribution < -0.4 is 11.1 Å². The number of hydrogen-bond donors (Lipinski definition) is 3. The second-order valence-corrected chi connectivity index (χ2v) is 4.94. The number of methoxy groups -OCH3 is 1. The second-order valence-electron chi connectivity index (χ2n) is 4.94. The molecule has 0 aromatic carbocycles. The number of nitrogens with two attached hydrogens (primary N) is 1. The fourth-order valence-corrected chi connectivity index (χ4v) is 1.41. The number of hydrogen-bond acceptors (Lipinski definition) is 4. The highest BCUT2D eigenvalue weighted by atomic mass is 16.5. The summed E-state index contributed by atoms with van der Waals surface area (Å²) in [5.74, 6) is -0.372. The summed E-state index contributed by atoms with van der Waals surface area (Å²) in [5, 5.41) is 14.5.